The fraction of sp³-hybridized carbons (Fsp3) is 0.300. The van der Waals surface area contributed by atoms with Crippen molar-refractivity contribution in [3.05, 3.63) is 53.1 Å². The third kappa shape index (κ3) is 5.56. The highest BCUT2D eigenvalue weighted by Gasteiger charge is 2.18. The lowest BCUT2D eigenvalue weighted by Crippen LogP contribution is -2.35. The Morgan fingerprint density at radius 2 is 2.00 bits per heavy atom. The minimum absolute atomic E-state index is 0.190. The van der Waals surface area contributed by atoms with E-state index in [9.17, 15) is 9.59 Å². The van der Waals surface area contributed by atoms with Gasteiger partial charge in [-0.3, -0.25) is 9.59 Å². The molecule has 1 unspecified atom stereocenters. The molecule has 148 valence electrons. The van der Waals surface area contributed by atoms with Crippen LogP contribution in [0.5, 0.6) is 11.5 Å². The molecule has 6 nitrogen and oxygen atoms in total. The van der Waals surface area contributed by atoms with Crippen molar-refractivity contribution in [1.29, 1.82) is 0 Å². The molecule has 0 saturated carbocycles. The lowest BCUT2D eigenvalue weighted by Gasteiger charge is -2.14. The zero-order chi connectivity index (χ0) is 19.9. The Bertz CT molecular complexity index is 860. The van der Waals surface area contributed by atoms with Crippen LogP contribution >= 0.6 is 23.4 Å². The van der Waals surface area contributed by atoms with E-state index in [1.165, 1.54) is 11.8 Å². The summed E-state index contributed by atoms with van der Waals surface area (Å²) in [4.78, 5) is 25.0. The maximum Gasteiger partial charge on any atom is 0.307 e. The molecule has 1 atom stereocenters. The molecule has 28 heavy (non-hydrogen) atoms. The van der Waals surface area contributed by atoms with Crippen LogP contribution in [0.1, 0.15) is 18.9 Å². The van der Waals surface area contributed by atoms with Crippen molar-refractivity contribution in [2.45, 2.75) is 30.9 Å². The summed E-state index contributed by atoms with van der Waals surface area (Å²) in [6.45, 7) is 2.06. The number of rotatable bonds is 8. The van der Waals surface area contributed by atoms with Gasteiger partial charge in [-0.25, -0.2) is 0 Å². The molecule has 2 aromatic carbocycles. The Labute approximate surface area is 172 Å². The highest BCUT2D eigenvalue weighted by Crippen LogP contribution is 2.32. The van der Waals surface area contributed by atoms with E-state index in [-0.39, 0.29) is 19.1 Å². The van der Waals surface area contributed by atoms with Crippen LogP contribution in [0, 0.1) is 0 Å². The van der Waals surface area contributed by atoms with Crippen molar-refractivity contribution in [3.8, 4) is 11.5 Å². The highest BCUT2D eigenvalue weighted by atomic mass is 35.5. The molecule has 2 aromatic rings. The maximum atomic E-state index is 12.2. The molecule has 1 aliphatic heterocycles. The molecular weight excluding hydrogens is 402 g/mol. The number of fused-ring (bicyclic) bond motifs is 1. The van der Waals surface area contributed by atoms with Gasteiger partial charge in [0, 0.05) is 17.2 Å². The number of amides is 1. The van der Waals surface area contributed by atoms with Crippen molar-refractivity contribution in [2.24, 2.45) is 0 Å². The van der Waals surface area contributed by atoms with Gasteiger partial charge in [-0.2, -0.15) is 0 Å². The van der Waals surface area contributed by atoms with E-state index in [1.807, 2.05) is 30.3 Å². The number of hydrogen-bond donors (Lipinski definition) is 1. The Morgan fingerprint density at radius 3 is 2.82 bits per heavy atom. The Morgan fingerprint density at radius 1 is 1.21 bits per heavy atom. The van der Waals surface area contributed by atoms with Gasteiger partial charge < -0.3 is 19.5 Å². The third-order valence-corrected chi connectivity index (χ3v) is 5.50. The predicted octanol–water partition coefficient (Wildman–Crippen LogP) is 3.80. The van der Waals surface area contributed by atoms with Gasteiger partial charge in [0.2, 0.25) is 6.79 Å². The Kier molecular flexibility index (Phi) is 7.06. The molecule has 8 heteroatoms. The summed E-state index contributed by atoms with van der Waals surface area (Å²) in [5.74, 6) is 1.08. The first kappa shape index (κ1) is 20.4. The fourth-order valence-electron chi connectivity index (χ4n) is 2.50. The van der Waals surface area contributed by atoms with Crippen LogP contribution in [0.25, 0.3) is 0 Å². The van der Waals surface area contributed by atoms with Gasteiger partial charge >= 0.3 is 5.97 Å². The molecule has 0 aromatic heterocycles. The second-order valence-corrected chi connectivity index (χ2v) is 7.61. The quantitative estimate of drug-likeness (QED) is 0.516. The summed E-state index contributed by atoms with van der Waals surface area (Å²) in [5, 5.41) is 3.40. The van der Waals surface area contributed by atoms with Crippen molar-refractivity contribution >= 4 is 35.2 Å². The number of esters is 1. The molecule has 1 N–H and O–H groups in total. The van der Waals surface area contributed by atoms with Gasteiger partial charge in [-0.15, -0.1) is 11.8 Å². The number of nitrogens with one attached hydrogen (secondary N) is 1. The number of carbonyl (C=O) groups excluding carboxylic acids is 2. The Hall–Kier alpha value is -2.38. The van der Waals surface area contributed by atoms with E-state index in [4.69, 9.17) is 25.8 Å². The molecule has 0 saturated heterocycles. The average molecular weight is 422 g/mol. The van der Waals surface area contributed by atoms with Gasteiger partial charge in [0.25, 0.3) is 5.91 Å². The van der Waals surface area contributed by atoms with Crippen molar-refractivity contribution in [3.63, 3.8) is 0 Å². The normalized spacial score (nSPS) is 13.1. The number of thioether (sulfide) groups is 1. The summed E-state index contributed by atoms with van der Waals surface area (Å²) in [5.41, 5.74) is 0.868. The van der Waals surface area contributed by atoms with E-state index in [0.717, 1.165) is 10.5 Å². The predicted molar refractivity (Wildman–Crippen MR) is 107 cm³/mol. The molecule has 0 bridgehead atoms. The van der Waals surface area contributed by atoms with Crippen LogP contribution in [0.2, 0.25) is 5.02 Å². The number of halogens is 1. The fourth-order valence-corrected chi connectivity index (χ4v) is 3.67. The molecule has 0 spiro atoms. The minimum Gasteiger partial charge on any atom is -0.454 e. The zero-order valence-corrected chi connectivity index (χ0v) is 16.8. The summed E-state index contributed by atoms with van der Waals surface area (Å²) in [7, 11) is 0. The smallest absolute Gasteiger partial charge is 0.307 e. The zero-order valence-electron chi connectivity index (χ0n) is 15.3. The van der Waals surface area contributed by atoms with Crippen molar-refractivity contribution in [1.82, 2.24) is 5.32 Å². The molecule has 0 radical (unpaired) electrons. The molecule has 0 aliphatic carbocycles. The van der Waals surface area contributed by atoms with Gasteiger partial charge in [0.15, 0.2) is 17.6 Å². The largest absolute Gasteiger partial charge is 0.454 e. The lowest BCUT2D eigenvalue weighted by molar-refractivity contribution is -0.154. The van der Waals surface area contributed by atoms with Crippen LogP contribution in [-0.2, 0) is 20.9 Å². The Balaban J connectivity index is 1.38. The van der Waals surface area contributed by atoms with Gasteiger partial charge in [-0.1, -0.05) is 29.8 Å². The summed E-state index contributed by atoms with van der Waals surface area (Å²) < 4.78 is 15.8. The van der Waals surface area contributed by atoms with Crippen molar-refractivity contribution in [2.75, 3.05) is 12.5 Å². The van der Waals surface area contributed by atoms with Crippen LogP contribution < -0.4 is 14.8 Å². The van der Waals surface area contributed by atoms with E-state index < -0.39 is 12.1 Å². The second-order valence-electron chi connectivity index (χ2n) is 6.07. The first-order valence-corrected chi connectivity index (χ1v) is 10.1. The second kappa shape index (κ2) is 9.71. The number of hydrogen-bond acceptors (Lipinski definition) is 6. The van der Waals surface area contributed by atoms with Gasteiger partial charge in [0.1, 0.15) is 0 Å². The van der Waals surface area contributed by atoms with E-state index in [1.54, 1.807) is 19.1 Å². The van der Waals surface area contributed by atoms with Crippen molar-refractivity contribution < 1.29 is 23.8 Å². The number of carbonyl (C=O) groups is 2. The molecule has 0 fully saturated rings. The van der Waals surface area contributed by atoms with Crippen LogP contribution in [0.4, 0.5) is 0 Å². The summed E-state index contributed by atoms with van der Waals surface area (Å²) >= 11 is 7.55. The molecule has 1 aliphatic rings. The average Bonchev–Trinajstić information content (AvgIpc) is 3.15. The SMILES string of the molecule is CC(OC(=O)CCSc1ccccc1Cl)C(=O)NCc1ccc2c(c1)OCO2. The van der Waals surface area contributed by atoms with E-state index in [0.29, 0.717) is 28.8 Å². The van der Waals surface area contributed by atoms with Gasteiger partial charge in [0.05, 0.1) is 11.4 Å². The topological polar surface area (TPSA) is 73.9 Å². The standard InChI is InChI=1S/C20H20ClNO5S/c1-13(27-19(23)8-9-28-18-5-3-2-4-15(18)21)20(24)22-11-14-6-7-16-17(10-14)26-12-25-16/h2-7,10,13H,8-9,11-12H2,1H3,(H,22,24). The first-order valence-electron chi connectivity index (χ1n) is 8.76. The molecular formula is C20H20ClNO5S. The highest BCUT2D eigenvalue weighted by molar-refractivity contribution is 7.99. The van der Waals surface area contributed by atoms with E-state index >= 15 is 0 Å². The maximum absolute atomic E-state index is 12.2. The number of benzene rings is 2. The first-order chi connectivity index (χ1) is 13.5. The van der Waals surface area contributed by atoms with Crippen LogP contribution in [0.15, 0.2) is 47.4 Å². The molecule has 1 heterocycles. The lowest BCUT2D eigenvalue weighted by atomic mass is 10.2. The van der Waals surface area contributed by atoms with E-state index in [2.05, 4.69) is 5.32 Å². The summed E-state index contributed by atoms with van der Waals surface area (Å²) in [6.07, 6.45) is -0.679. The van der Waals surface area contributed by atoms with Crippen LogP contribution in [-0.4, -0.2) is 30.5 Å². The van der Waals surface area contributed by atoms with Gasteiger partial charge in [-0.05, 0) is 36.8 Å². The molecule has 3 rings (SSSR count). The minimum atomic E-state index is -0.869. The number of ether oxygens (including phenoxy) is 3. The monoisotopic (exact) mass is 421 g/mol. The van der Waals surface area contributed by atoms with Crippen LogP contribution in [0.3, 0.4) is 0 Å². The summed E-state index contributed by atoms with van der Waals surface area (Å²) in [6, 6.07) is 12.9. The molecule has 1 amide bonds. The third-order valence-electron chi connectivity index (χ3n) is 3.98.